The van der Waals surface area contributed by atoms with Crippen molar-refractivity contribution in [1.82, 2.24) is 5.32 Å². The van der Waals surface area contributed by atoms with Crippen LogP contribution in [-0.4, -0.2) is 18.9 Å². The molecular formula is C17H23NO. The van der Waals surface area contributed by atoms with Crippen molar-refractivity contribution >= 4 is 5.78 Å². The predicted molar refractivity (Wildman–Crippen MR) is 77.6 cm³/mol. The average molecular weight is 257 g/mol. The highest BCUT2D eigenvalue weighted by Crippen LogP contribution is 2.36. The van der Waals surface area contributed by atoms with Crippen LogP contribution in [0.4, 0.5) is 0 Å². The van der Waals surface area contributed by atoms with Crippen LogP contribution in [0.1, 0.15) is 60.4 Å². The molecule has 0 spiro atoms. The van der Waals surface area contributed by atoms with Gasteiger partial charge in [-0.25, -0.2) is 0 Å². The lowest BCUT2D eigenvalue weighted by atomic mass is 9.79. The summed E-state index contributed by atoms with van der Waals surface area (Å²) in [7, 11) is 0. The SMILES string of the molecule is O=C(CCC1CCNC1)c1cccc(C2CCC2)c1. The first-order valence-electron chi connectivity index (χ1n) is 7.67. The lowest BCUT2D eigenvalue weighted by molar-refractivity contribution is 0.0974. The quantitative estimate of drug-likeness (QED) is 0.818. The van der Waals surface area contributed by atoms with Crippen LogP contribution in [0.2, 0.25) is 0 Å². The molecule has 1 unspecified atom stereocenters. The van der Waals surface area contributed by atoms with Gasteiger partial charge in [0.1, 0.15) is 0 Å². The summed E-state index contributed by atoms with van der Waals surface area (Å²) in [5.41, 5.74) is 2.30. The molecule has 2 fully saturated rings. The minimum atomic E-state index is 0.327. The van der Waals surface area contributed by atoms with E-state index in [0.29, 0.717) is 24.0 Å². The first kappa shape index (κ1) is 12.9. The van der Waals surface area contributed by atoms with Crippen LogP contribution in [0.15, 0.2) is 24.3 Å². The van der Waals surface area contributed by atoms with Crippen molar-refractivity contribution < 1.29 is 4.79 Å². The second-order valence-corrected chi connectivity index (χ2v) is 6.07. The van der Waals surface area contributed by atoms with Gasteiger partial charge in [0.15, 0.2) is 5.78 Å². The minimum Gasteiger partial charge on any atom is -0.316 e. The van der Waals surface area contributed by atoms with Gasteiger partial charge < -0.3 is 5.32 Å². The fourth-order valence-electron chi connectivity index (χ4n) is 3.15. The summed E-state index contributed by atoms with van der Waals surface area (Å²) in [4.78, 5) is 12.3. The number of Topliss-reactive ketones (excluding diaryl/α,β-unsaturated/α-hetero) is 1. The fraction of sp³-hybridized carbons (Fsp3) is 0.588. The van der Waals surface area contributed by atoms with Gasteiger partial charge in [0.2, 0.25) is 0 Å². The molecule has 2 aliphatic rings. The summed E-state index contributed by atoms with van der Waals surface area (Å²) in [5.74, 6) is 1.75. The molecule has 1 aliphatic carbocycles. The molecule has 1 saturated carbocycles. The highest BCUT2D eigenvalue weighted by Gasteiger charge is 2.21. The van der Waals surface area contributed by atoms with Gasteiger partial charge in [-0.05, 0) is 62.2 Å². The molecule has 0 radical (unpaired) electrons. The van der Waals surface area contributed by atoms with Gasteiger partial charge >= 0.3 is 0 Å². The molecule has 3 rings (SSSR count). The Balaban J connectivity index is 1.58. The molecule has 2 heteroatoms. The number of rotatable bonds is 5. The van der Waals surface area contributed by atoms with Crippen LogP contribution in [0.3, 0.4) is 0 Å². The van der Waals surface area contributed by atoms with E-state index in [1.54, 1.807) is 0 Å². The summed E-state index contributed by atoms with van der Waals surface area (Å²) in [6.07, 6.45) is 6.92. The van der Waals surface area contributed by atoms with E-state index in [1.807, 2.05) is 6.07 Å². The van der Waals surface area contributed by atoms with E-state index in [0.717, 1.165) is 25.1 Å². The molecule has 1 heterocycles. The van der Waals surface area contributed by atoms with Crippen LogP contribution in [0, 0.1) is 5.92 Å². The van der Waals surface area contributed by atoms with Gasteiger partial charge in [0.05, 0.1) is 0 Å². The van der Waals surface area contributed by atoms with Crippen molar-refractivity contribution in [2.75, 3.05) is 13.1 Å². The first-order chi connectivity index (χ1) is 9.33. The lowest BCUT2D eigenvalue weighted by Gasteiger charge is -2.26. The molecule has 1 N–H and O–H groups in total. The zero-order valence-electron chi connectivity index (χ0n) is 11.5. The summed E-state index contributed by atoms with van der Waals surface area (Å²) in [6.45, 7) is 2.21. The molecule has 2 nitrogen and oxygen atoms in total. The van der Waals surface area contributed by atoms with Crippen LogP contribution >= 0.6 is 0 Å². The molecule has 0 aromatic heterocycles. The second-order valence-electron chi connectivity index (χ2n) is 6.07. The summed E-state index contributed by atoms with van der Waals surface area (Å²) in [5, 5.41) is 3.36. The van der Waals surface area contributed by atoms with Gasteiger partial charge in [0.25, 0.3) is 0 Å². The molecule has 1 saturated heterocycles. The number of carbonyl (C=O) groups is 1. The Kier molecular flexibility index (Phi) is 3.97. The number of benzene rings is 1. The monoisotopic (exact) mass is 257 g/mol. The van der Waals surface area contributed by atoms with Crippen LogP contribution in [0.5, 0.6) is 0 Å². The smallest absolute Gasteiger partial charge is 0.162 e. The Bertz CT molecular complexity index is 444. The van der Waals surface area contributed by atoms with E-state index in [4.69, 9.17) is 0 Å². The molecule has 19 heavy (non-hydrogen) atoms. The number of nitrogens with one attached hydrogen (secondary N) is 1. The molecule has 1 atom stereocenters. The van der Waals surface area contributed by atoms with Gasteiger partial charge in [-0.2, -0.15) is 0 Å². The number of hydrogen-bond acceptors (Lipinski definition) is 2. The Morgan fingerprint density at radius 2 is 2.16 bits per heavy atom. The molecule has 1 aromatic rings. The third kappa shape index (κ3) is 3.06. The van der Waals surface area contributed by atoms with E-state index >= 15 is 0 Å². The molecule has 0 bridgehead atoms. The highest BCUT2D eigenvalue weighted by atomic mass is 16.1. The lowest BCUT2D eigenvalue weighted by Crippen LogP contribution is -2.11. The topological polar surface area (TPSA) is 29.1 Å². The number of ketones is 1. The third-order valence-corrected chi connectivity index (χ3v) is 4.73. The molecular weight excluding hydrogens is 234 g/mol. The first-order valence-corrected chi connectivity index (χ1v) is 7.67. The van der Waals surface area contributed by atoms with E-state index < -0.39 is 0 Å². The van der Waals surface area contributed by atoms with Crippen LogP contribution in [-0.2, 0) is 0 Å². The molecule has 1 aliphatic heterocycles. The number of hydrogen-bond donors (Lipinski definition) is 1. The standard InChI is InChI=1S/C17H23NO/c19-17(8-7-13-9-10-18-12-13)16-6-2-5-15(11-16)14-3-1-4-14/h2,5-6,11,13-14,18H,1,3-4,7-10,12H2. The summed E-state index contributed by atoms with van der Waals surface area (Å²) < 4.78 is 0. The van der Waals surface area contributed by atoms with Crippen LogP contribution < -0.4 is 5.32 Å². The van der Waals surface area contributed by atoms with Crippen LogP contribution in [0.25, 0.3) is 0 Å². The van der Waals surface area contributed by atoms with Crippen molar-refractivity contribution in [3.05, 3.63) is 35.4 Å². The van der Waals surface area contributed by atoms with Crippen molar-refractivity contribution in [1.29, 1.82) is 0 Å². The van der Waals surface area contributed by atoms with Gasteiger partial charge in [-0.3, -0.25) is 4.79 Å². The van der Waals surface area contributed by atoms with Gasteiger partial charge in [0, 0.05) is 12.0 Å². The Labute approximate surface area is 115 Å². The van der Waals surface area contributed by atoms with Crippen molar-refractivity contribution in [3.63, 3.8) is 0 Å². The Morgan fingerprint density at radius 3 is 2.84 bits per heavy atom. The molecule has 0 amide bonds. The Hall–Kier alpha value is -1.15. The van der Waals surface area contributed by atoms with Gasteiger partial charge in [-0.15, -0.1) is 0 Å². The average Bonchev–Trinajstić information content (AvgIpc) is 2.87. The largest absolute Gasteiger partial charge is 0.316 e. The third-order valence-electron chi connectivity index (χ3n) is 4.73. The van der Waals surface area contributed by atoms with E-state index in [2.05, 4.69) is 23.5 Å². The normalized spacial score (nSPS) is 23.3. The van der Waals surface area contributed by atoms with Crippen molar-refractivity contribution in [2.24, 2.45) is 5.92 Å². The minimum absolute atomic E-state index is 0.327. The highest BCUT2D eigenvalue weighted by molar-refractivity contribution is 5.96. The van der Waals surface area contributed by atoms with Gasteiger partial charge in [-0.1, -0.05) is 24.6 Å². The zero-order chi connectivity index (χ0) is 13.1. The maximum atomic E-state index is 12.3. The maximum Gasteiger partial charge on any atom is 0.162 e. The number of carbonyl (C=O) groups excluding carboxylic acids is 1. The predicted octanol–water partition coefficient (Wildman–Crippen LogP) is 3.53. The molecule has 1 aromatic carbocycles. The maximum absolute atomic E-state index is 12.3. The second kappa shape index (κ2) is 5.87. The fourth-order valence-corrected chi connectivity index (χ4v) is 3.15. The van der Waals surface area contributed by atoms with E-state index in [-0.39, 0.29) is 0 Å². The Morgan fingerprint density at radius 1 is 1.26 bits per heavy atom. The van der Waals surface area contributed by atoms with Crippen molar-refractivity contribution in [3.8, 4) is 0 Å². The summed E-state index contributed by atoms with van der Waals surface area (Å²) in [6, 6.07) is 8.36. The van der Waals surface area contributed by atoms with E-state index in [1.165, 1.54) is 31.2 Å². The van der Waals surface area contributed by atoms with E-state index in [9.17, 15) is 4.79 Å². The molecule has 102 valence electrons. The van der Waals surface area contributed by atoms with Crippen molar-refractivity contribution in [2.45, 2.75) is 44.4 Å². The summed E-state index contributed by atoms with van der Waals surface area (Å²) >= 11 is 0. The zero-order valence-corrected chi connectivity index (χ0v) is 11.5.